The van der Waals surface area contributed by atoms with Crippen LogP contribution in [0.1, 0.15) is 15.9 Å². The van der Waals surface area contributed by atoms with Crippen LogP contribution in [0.4, 0.5) is 0 Å². The van der Waals surface area contributed by atoms with Crippen LogP contribution in [0.2, 0.25) is 0 Å². The van der Waals surface area contributed by atoms with Crippen molar-refractivity contribution in [1.29, 1.82) is 0 Å². The smallest absolute Gasteiger partial charge is 0.190 e. The Morgan fingerprint density at radius 3 is 2.06 bits per heavy atom. The first-order valence-electron chi connectivity index (χ1n) is 5.86. The van der Waals surface area contributed by atoms with E-state index in [1.807, 2.05) is 54.6 Å². The van der Waals surface area contributed by atoms with E-state index >= 15 is 0 Å². The van der Waals surface area contributed by atoms with Gasteiger partial charge in [-0.25, -0.2) is 0 Å². The normalized spacial score (nSPS) is 11.3. The molecule has 0 saturated carbocycles. The van der Waals surface area contributed by atoms with Gasteiger partial charge in [0.05, 0.1) is 0 Å². The number of nitrogens with two attached hydrogens (primary N) is 1. The number of carbonyl (C=O) groups is 1. The number of carbonyl (C=O) groups excluding carboxylic acids is 1. The molecule has 0 amide bonds. The van der Waals surface area contributed by atoms with Gasteiger partial charge in [0.2, 0.25) is 0 Å². The fraction of sp³-hybridized carbons (Fsp3) is 0.0625. The Hall–Kier alpha value is -2.19. The summed E-state index contributed by atoms with van der Waals surface area (Å²) in [7, 11) is 0. The molecule has 2 heteroatoms. The van der Waals surface area contributed by atoms with E-state index in [1.165, 1.54) is 0 Å². The van der Waals surface area contributed by atoms with Crippen LogP contribution in [0.3, 0.4) is 0 Å². The van der Waals surface area contributed by atoms with Gasteiger partial charge in [-0.1, -0.05) is 60.7 Å². The Balaban J connectivity index is 2.30. The van der Waals surface area contributed by atoms with Gasteiger partial charge in [-0.15, -0.1) is 0 Å². The summed E-state index contributed by atoms with van der Waals surface area (Å²) in [6, 6.07) is 18.9. The summed E-state index contributed by atoms with van der Waals surface area (Å²) < 4.78 is 0. The zero-order valence-electron chi connectivity index (χ0n) is 10.0. The number of hydrogen-bond donors (Lipinski definition) is 1. The molecule has 0 atom stereocenters. The lowest BCUT2D eigenvalue weighted by molar-refractivity contribution is 0.103. The molecule has 0 aliphatic carbocycles. The van der Waals surface area contributed by atoms with Gasteiger partial charge in [0.1, 0.15) is 0 Å². The molecule has 2 N–H and O–H groups in total. The van der Waals surface area contributed by atoms with Crippen LogP contribution in [0.5, 0.6) is 0 Å². The van der Waals surface area contributed by atoms with Crippen molar-refractivity contribution in [2.45, 2.75) is 0 Å². The first-order valence-corrected chi connectivity index (χ1v) is 5.86. The van der Waals surface area contributed by atoms with Gasteiger partial charge in [-0.05, 0) is 11.6 Å². The Morgan fingerprint density at radius 2 is 1.50 bits per heavy atom. The third-order valence-corrected chi connectivity index (χ3v) is 2.69. The van der Waals surface area contributed by atoms with Crippen molar-refractivity contribution >= 4 is 11.9 Å². The van der Waals surface area contributed by atoms with Crippen LogP contribution >= 0.6 is 0 Å². The molecule has 0 aliphatic rings. The molecule has 0 heterocycles. The molecule has 0 aromatic heterocycles. The van der Waals surface area contributed by atoms with E-state index < -0.39 is 0 Å². The van der Waals surface area contributed by atoms with E-state index in [2.05, 4.69) is 0 Å². The largest absolute Gasteiger partial charge is 0.326 e. The molecular formula is C16H15NO. The third-order valence-electron chi connectivity index (χ3n) is 2.69. The summed E-state index contributed by atoms with van der Waals surface area (Å²) >= 11 is 0. The van der Waals surface area contributed by atoms with Gasteiger partial charge in [0.15, 0.2) is 5.78 Å². The second kappa shape index (κ2) is 5.94. The molecule has 18 heavy (non-hydrogen) atoms. The van der Waals surface area contributed by atoms with E-state index in [0.29, 0.717) is 11.1 Å². The zero-order valence-corrected chi connectivity index (χ0v) is 10.0. The number of ketones is 1. The number of Topliss-reactive ketones (excluding diaryl/α,β-unsaturated/α-hetero) is 1. The maximum Gasteiger partial charge on any atom is 0.190 e. The van der Waals surface area contributed by atoms with E-state index in [1.54, 1.807) is 12.1 Å². The SMILES string of the molecule is NC/C(=C\c1ccccc1)C(=O)c1ccccc1. The molecule has 0 radical (unpaired) electrons. The van der Waals surface area contributed by atoms with Gasteiger partial charge >= 0.3 is 0 Å². The average molecular weight is 237 g/mol. The molecule has 0 saturated heterocycles. The van der Waals surface area contributed by atoms with E-state index in [0.717, 1.165) is 5.56 Å². The van der Waals surface area contributed by atoms with Crippen LogP contribution in [0, 0.1) is 0 Å². The topological polar surface area (TPSA) is 43.1 Å². The van der Waals surface area contributed by atoms with E-state index in [9.17, 15) is 4.79 Å². The molecule has 0 spiro atoms. The maximum absolute atomic E-state index is 12.2. The molecule has 2 aromatic rings. The molecule has 0 fully saturated rings. The minimum Gasteiger partial charge on any atom is -0.326 e. The van der Waals surface area contributed by atoms with Crippen molar-refractivity contribution in [1.82, 2.24) is 0 Å². The quantitative estimate of drug-likeness (QED) is 0.656. The lowest BCUT2D eigenvalue weighted by Crippen LogP contribution is -2.13. The lowest BCUT2D eigenvalue weighted by Gasteiger charge is -2.04. The predicted molar refractivity (Wildman–Crippen MR) is 74.2 cm³/mol. The molecule has 2 rings (SSSR count). The fourth-order valence-electron chi connectivity index (χ4n) is 1.74. The van der Waals surface area contributed by atoms with Crippen LogP contribution < -0.4 is 5.73 Å². The number of hydrogen-bond acceptors (Lipinski definition) is 2. The zero-order chi connectivity index (χ0) is 12.8. The maximum atomic E-state index is 12.2. The monoisotopic (exact) mass is 237 g/mol. The Bertz CT molecular complexity index is 544. The fourth-order valence-corrected chi connectivity index (χ4v) is 1.74. The summed E-state index contributed by atoms with van der Waals surface area (Å²) in [5.41, 5.74) is 7.95. The first-order chi connectivity index (χ1) is 8.81. The highest BCUT2D eigenvalue weighted by atomic mass is 16.1. The summed E-state index contributed by atoms with van der Waals surface area (Å²) in [5, 5.41) is 0. The van der Waals surface area contributed by atoms with Crippen molar-refractivity contribution in [3.05, 3.63) is 77.4 Å². The van der Waals surface area contributed by atoms with Crippen LogP contribution in [0.15, 0.2) is 66.2 Å². The molecular weight excluding hydrogens is 222 g/mol. The third kappa shape index (κ3) is 2.93. The Morgan fingerprint density at radius 1 is 0.944 bits per heavy atom. The van der Waals surface area contributed by atoms with Gasteiger partial charge in [0, 0.05) is 17.7 Å². The summed E-state index contributed by atoms with van der Waals surface area (Å²) in [4.78, 5) is 12.2. The van der Waals surface area contributed by atoms with Crippen molar-refractivity contribution in [2.75, 3.05) is 6.54 Å². The van der Waals surface area contributed by atoms with Crippen LogP contribution in [-0.2, 0) is 0 Å². The number of rotatable bonds is 4. The number of benzene rings is 2. The van der Waals surface area contributed by atoms with Gasteiger partial charge < -0.3 is 5.73 Å². The average Bonchev–Trinajstić information content (AvgIpc) is 2.46. The minimum atomic E-state index is -0.0121. The molecule has 2 aromatic carbocycles. The summed E-state index contributed by atoms with van der Waals surface area (Å²) in [6.07, 6.45) is 1.84. The Labute approximate surface area is 107 Å². The molecule has 0 aliphatic heterocycles. The van der Waals surface area contributed by atoms with Crippen molar-refractivity contribution < 1.29 is 4.79 Å². The van der Waals surface area contributed by atoms with Gasteiger partial charge in [0.25, 0.3) is 0 Å². The molecule has 0 bridgehead atoms. The van der Waals surface area contributed by atoms with Crippen molar-refractivity contribution in [3.8, 4) is 0 Å². The second-order valence-electron chi connectivity index (χ2n) is 3.98. The van der Waals surface area contributed by atoms with Gasteiger partial charge in [-0.3, -0.25) is 4.79 Å². The van der Waals surface area contributed by atoms with Crippen molar-refractivity contribution in [2.24, 2.45) is 5.73 Å². The molecule has 0 unspecified atom stereocenters. The Kier molecular flexibility index (Phi) is 4.05. The van der Waals surface area contributed by atoms with Gasteiger partial charge in [-0.2, -0.15) is 0 Å². The van der Waals surface area contributed by atoms with E-state index in [4.69, 9.17) is 5.73 Å². The summed E-state index contributed by atoms with van der Waals surface area (Å²) in [5.74, 6) is -0.0121. The first kappa shape index (κ1) is 12.3. The van der Waals surface area contributed by atoms with Crippen LogP contribution in [0.25, 0.3) is 6.08 Å². The second-order valence-corrected chi connectivity index (χ2v) is 3.98. The van der Waals surface area contributed by atoms with E-state index in [-0.39, 0.29) is 12.3 Å². The highest BCUT2D eigenvalue weighted by Gasteiger charge is 2.09. The lowest BCUT2D eigenvalue weighted by atomic mass is 10.0. The van der Waals surface area contributed by atoms with Crippen LogP contribution in [-0.4, -0.2) is 12.3 Å². The molecule has 2 nitrogen and oxygen atoms in total. The van der Waals surface area contributed by atoms with Crippen molar-refractivity contribution in [3.63, 3.8) is 0 Å². The predicted octanol–water partition coefficient (Wildman–Crippen LogP) is 2.91. The standard InChI is InChI=1S/C16H15NO/c17-12-15(11-13-7-3-1-4-8-13)16(18)14-9-5-2-6-10-14/h1-11H,12,17H2/b15-11+. The minimum absolute atomic E-state index is 0.0121. The summed E-state index contributed by atoms with van der Waals surface area (Å²) in [6.45, 7) is 0.239. The highest BCUT2D eigenvalue weighted by molar-refractivity contribution is 6.11. The highest BCUT2D eigenvalue weighted by Crippen LogP contribution is 2.11. The molecule has 90 valence electrons.